The molecule has 24 heavy (non-hydrogen) atoms. The topological polar surface area (TPSA) is 81.7 Å². The molecule has 0 unspecified atom stereocenters. The van der Waals surface area contributed by atoms with E-state index in [1.807, 2.05) is 0 Å². The van der Waals surface area contributed by atoms with Gasteiger partial charge in [-0.1, -0.05) is 37.8 Å². The summed E-state index contributed by atoms with van der Waals surface area (Å²) in [5.74, 6) is -0.781. The lowest BCUT2D eigenvalue weighted by Gasteiger charge is -2.11. The molecule has 1 aliphatic carbocycles. The molecule has 1 aromatic rings. The Hall–Kier alpha value is -2.37. The van der Waals surface area contributed by atoms with Crippen molar-refractivity contribution >= 4 is 23.5 Å². The average molecular weight is 333 g/mol. The van der Waals surface area contributed by atoms with Gasteiger partial charge in [0.25, 0.3) is 5.91 Å². The number of carbonyl (C=O) groups is 3. The van der Waals surface area contributed by atoms with E-state index in [0.717, 1.165) is 6.42 Å². The molecule has 6 nitrogen and oxygen atoms in total. The minimum atomic E-state index is -0.542. The number of esters is 2. The summed E-state index contributed by atoms with van der Waals surface area (Å²) in [4.78, 5) is 35.2. The van der Waals surface area contributed by atoms with Gasteiger partial charge in [0.2, 0.25) is 0 Å². The molecular formula is C18H23NO5. The summed E-state index contributed by atoms with van der Waals surface area (Å²) < 4.78 is 9.66. The van der Waals surface area contributed by atoms with Crippen LogP contribution in [-0.4, -0.2) is 31.6 Å². The van der Waals surface area contributed by atoms with Gasteiger partial charge in [-0.15, -0.1) is 0 Å². The van der Waals surface area contributed by atoms with Gasteiger partial charge >= 0.3 is 11.9 Å². The highest BCUT2D eigenvalue weighted by Gasteiger charge is 2.18. The van der Waals surface area contributed by atoms with Crippen molar-refractivity contribution in [3.05, 3.63) is 29.8 Å². The average Bonchev–Trinajstić information content (AvgIpc) is 3.11. The molecule has 0 aliphatic heterocycles. The maximum Gasteiger partial charge on any atom is 0.339 e. The zero-order valence-corrected chi connectivity index (χ0v) is 13.9. The van der Waals surface area contributed by atoms with Gasteiger partial charge in [-0.2, -0.15) is 0 Å². The molecule has 1 N–H and O–H groups in total. The van der Waals surface area contributed by atoms with Crippen LogP contribution in [0.5, 0.6) is 0 Å². The molecule has 6 heteroatoms. The molecule has 0 saturated heterocycles. The van der Waals surface area contributed by atoms with Crippen LogP contribution >= 0.6 is 0 Å². The summed E-state index contributed by atoms with van der Waals surface area (Å²) in [5.41, 5.74) is 0.581. The molecule has 0 aromatic heterocycles. The van der Waals surface area contributed by atoms with Crippen LogP contribution in [-0.2, 0) is 19.1 Å². The molecule has 0 spiro atoms. The fourth-order valence-electron chi connectivity index (χ4n) is 2.91. The number of rotatable bonds is 7. The first-order valence-electron chi connectivity index (χ1n) is 8.23. The number of nitrogens with one attached hydrogen (secondary N) is 1. The van der Waals surface area contributed by atoms with Gasteiger partial charge in [-0.25, -0.2) is 4.79 Å². The predicted molar refractivity (Wildman–Crippen MR) is 88.6 cm³/mol. The smallest absolute Gasteiger partial charge is 0.339 e. The summed E-state index contributed by atoms with van der Waals surface area (Å²) in [5, 5.41) is 2.56. The number of para-hydroxylation sites is 1. The highest BCUT2D eigenvalue weighted by Crippen LogP contribution is 2.28. The third-order valence-corrected chi connectivity index (χ3v) is 4.20. The zero-order valence-electron chi connectivity index (χ0n) is 13.9. The van der Waals surface area contributed by atoms with Crippen molar-refractivity contribution in [2.75, 3.05) is 19.0 Å². The number of anilines is 1. The maximum absolute atomic E-state index is 11.9. The Bertz CT molecular complexity index is 593. The standard InChI is InChI=1S/C18H23NO5/c1-23-18(22)14-8-4-5-9-15(14)19-16(20)12-24-17(21)11-10-13-6-2-3-7-13/h4-5,8-9,13H,2-3,6-7,10-12H2,1H3,(H,19,20). The third-order valence-electron chi connectivity index (χ3n) is 4.20. The summed E-state index contributed by atoms with van der Waals surface area (Å²) in [6, 6.07) is 6.50. The first-order valence-corrected chi connectivity index (χ1v) is 8.23. The normalized spacial score (nSPS) is 14.2. The molecule has 1 fully saturated rings. The SMILES string of the molecule is COC(=O)c1ccccc1NC(=O)COC(=O)CCC1CCCC1. The number of hydrogen-bond donors (Lipinski definition) is 1. The number of amides is 1. The number of hydrogen-bond acceptors (Lipinski definition) is 5. The lowest BCUT2D eigenvalue weighted by molar-refractivity contribution is -0.147. The Balaban J connectivity index is 1.76. The fourth-order valence-corrected chi connectivity index (χ4v) is 2.91. The maximum atomic E-state index is 11.9. The van der Waals surface area contributed by atoms with E-state index in [1.54, 1.807) is 24.3 Å². The van der Waals surface area contributed by atoms with Crippen molar-refractivity contribution in [1.29, 1.82) is 0 Å². The molecule has 0 atom stereocenters. The second kappa shape index (κ2) is 9.05. The van der Waals surface area contributed by atoms with Gasteiger partial charge in [0.15, 0.2) is 6.61 Å². The minimum Gasteiger partial charge on any atom is -0.465 e. The molecular weight excluding hydrogens is 310 g/mol. The van der Waals surface area contributed by atoms with Gasteiger partial charge in [-0.05, 0) is 24.5 Å². The summed E-state index contributed by atoms with van der Waals surface area (Å²) >= 11 is 0. The van der Waals surface area contributed by atoms with Crippen molar-refractivity contribution in [2.45, 2.75) is 38.5 Å². The molecule has 1 amide bonds. The monoisotopic (exact) mass is 333 g/mol. The van der Waals surface area contributed by atoms with Crippen molar-refractivity contribution in [3.63, 3.8) is 0 Å². The second-order valence-corrected chi connectivity index (χ2v) is 5.94. The van der Waals surface area contributed by atoms with Gasteiger partial charge in [0.1, 0.15) is 0 Å². The van der Waals surface area contributed by atoms with Gasteiger partial charge in [-0.3, -0.25) is 9.59 Å². The highest BCUT2D eigenvalue weighted by molar-refractivity contribution is 6.01. The Morgan fingerprint density at radius 1 is 1.17 bits per heavy atom. The molecule has 1 aromatic carbocycles. The Morgan fingerprint density at radius 2 is 1.88 bits per heavy atom. The minimum absolute atomic E-state index is 0.251. The molecule has 130 valence electrons. The van der Waals surface area contributed by atoms with Crippen LogP contribution < -0.4 is 5.32 Å². The van der Waals surface area contributed by atoms with E-state index >= 15 is 0 Å². The largest absolute Gasteiger partial charge is 0.465 e. The van der Waals surface area contributed by atoms with Gasteiger partial charge in [0.05, 0.1) is 18.4 Å². The quantitative estimate of drug-likeness (QED) is 0.776. The van der Waals surface area contributed by atoms with Gasteiger partial charge in [0, 0.05) is 6.42 Å². The molecule has 0 radical (unpaired) electrons. The van der Waals surface area contributed by atoms with Crippen LogP contribution in [0.2, 0.25) is 0 Å². The van der Waals surface area contributed by atoms with Crippen molar-refractivity contribution in [3.8, 4) is 0 Å². The van der Waals surface area contributed by atoms with Crippen LogP contribution in [0.4, 0.5) is 5.69 Å². The molecule has 2 rings (SSSR count). The van der Waals surface area contributed by atoms with E-state index < -0.39 is 11.9 Å². The number of carbonyl (C=O) groups excluding carboxylic acids is 3. The second-order valence-electron chi connectivity index (χ2n) is 5.94. The summed E-state index contributed by atoms with van der Waals surface area (Å²) in [6.07, 6.45) is 6.00. The predicted octanol–water partition coefficient (Wildman–Crippen LogP) is 2.93. The molecule has 1 aliphatic rings. The number of methoxy groups -OCH3 is 1. The first kappa shape index (κ1) is 18.0. The Kier molecular flexibility index (Phi) is 6.78. The Labute approximate surface area is 141 Å². The first-order chi connectivity index (χ1) is 11.6. The van der Waals surface area contributed by atoms with Crippen LogP contribution in [0.3, 0.4) is 0 Å². The van der Waals surface area contributed by atoms with E-state index in [9.17, 15) is 14.4 Å². The van der Waals surface area contributed by atoms with Crippen molar-refractivity contribution in [2.24, 2.45) is 5.92 Å². The Morgan fingerprint density at radius 3 is 2.58 bits per heavy atom. The highest BCUT2D eigenvalue weighted by atomic mass is 16.5. The fraction of sp³-hybridized carbons (Fsp3) is 0.500. The van der Waals surface area contributed by atoms with Crippen LogP contribution in [0, 0.1) is 5.92 Å². The molecule has 0 bridgehead atoms. The number of ether oxygens (including phenoxy) is 2. The van der Waals surface area contributed by atoms with Crippen molar-refractivity contribution < 1.29 is 23.9 Å². The van der Waals surface area contributed by atoms with Crippen molar-refractivity contribution in [1.82, 2.24) is 0 Å². The van der Waals surface area contributed by atoms with E-state index in [4.69, 9.17) is 4.74 Å². The third kappa shape index (κ3) is 5.37. The van der Waals surface area contributed by atoms with E-state index in [1.165, 1.54) is 32.8 Å². The van der Waals surface area contributed by atoms with Crippen LogP contribution in [0.1, 0.15) is 48.9 Å². The summed E-state index contributed by atoms with van der Waals surface area (Å²) in [6.45, 7) is -0.362. The lowest BCUT2D eigenvalue weighted by Crippen LogP contribution is -2.22. The number of benzene rings is 1. The van der Waals surface area contributed by atoms with E-state index in [0.29, 0.717) is 18.0 Å². The van der Waals surface area contributed by atoms with Gasteiger partial charge < -0.3 is 14.8 Å². The lowest BCUT2D eigenvalue weighted by atomic mass is 10.0. The zero-order chi connectivity index (χ0) is 17.4. The molecule has 0 heterocycles. The van der Waals surface area contributed by atoms with E-state index in [-0.39, 0.29) is 18.1 Å². The van der Waals surface area contributed by atoms with Crippen LogP contribution in [0.25, 0.3) is 0 Å². The van der Waals surface area contributed by atoms with E-state index in [2.05, 4.69) is 10.1 Å². The van der Waals surface area contributed by atoms with Crippen LogP contribution in [0.15, 0.2) is 24.3 Å². The summed E-state index contributed by atoms with van der Waals surface area (Å²) in [7, 11) is 1.27. The molecule has 1 saturated carbocycles.